The second-order valence-corrected chi connectivity index (χ2v) is 5.77. The van der Waals surface area contributed by atoms with E-state index in [-0.39, 0.29) is 6.61 Å². The van der Waals surface area contributed by atoms with Gasteiger partial charge in [0, 0.05) is 5.75 Å². The van der Waals surface area contributed by atoms with E-state index in [1.165, 1.54) is 11.3 Å². The minimum Gasteiger partial charge on any atom is -0.391 e. The van der Waals surface area contributed by atoms with Crippen LogP contribution < -0.4 is 0 Å². The van der Waals surface area contributed by atoms with Crippen molar-refractivity contribution in [3.8, 4) is 0 Å². The lowest BCUT2D eigenvalue weighted by Gasteiger charge is -1.99. The number of nitrogens with zero attached hydrogens (tertiary/aromatic N) is 1. The first-order chi connectivity index (χ1) is 6.13. The first-order valence-electron chi connectivity index (χ1n) is 4.02. The lowest BCUT2D eigenvalue weighted by atomic mass is 10.3. The maximum absolute atomic E-state index is 8.89. The van der Waals surface area contributed by atoms with Crippen molar-refractivity contribution in [3.05, 3.63) is 10.0 Å². The molecule has 1 rings (SSSR count). The Hall–Kier alpha value is 0.230. The minimum absolute atomic E-state index is 0.0151. The van der Waals surface area contributed by atoms with Crippen LogP contribution in [-0.2, 0) is 6.61 Å². The van der Waals surface area contributed by atoms with Gasteiger partial charge in [0.1, 0.15) is 5.15 Å². The van der Waals surface area contributed by atoms with Gasteiger partial charge < -0.3 is 5.11 Å². The zero-order valence-electron chi connectivity index (χ0n) is 7.58. The predicted octanol–water partition coefficient (Wildman–Crippen LogP) is 3.04. The van der Waals surface area contributed by atoms with E-state index in [4.69, 9.17) is 16.7 Å². The molecule has 2 nitrogen and oxygen atoms in total. The van der Waals surface area contributed by atoms with Gasteiger partial charge >= 0.3 is 0 Å². The van der Waals surface area contributed by atoms with Crippen LogP contribution in [0, 0.1) is 5.92 Å². The molecule has 0 aliphatic heterocycles. The molecule has 0 saturated carbocycles. The Kier molecular flexibility index (Phi) is 4.52. The monoisotopic (exact) mass is 237 g/mol. The molecule has 13 heavy (non-hydrogen) atoms. The van der Waals surface area contributed by atoms with Crippen molar-refractivity contribution in [2.24, 2.45) is 5.92 Å². The SMILES string of the molecule is CC(C)CSc1nc(Cl)c(CO)s1. The summed E-state index contributed by atoms with van der Waals surface area (Å²) in [6.07, 6.45) is 0. The summed E-state index contributed by atoms with van der Waals surface area (Å²) in [4.78, 5) is 4.90. The van der Waals surface area contributed by atoms with E-state index in [1.54, 1.807) is 11.8 Å². The summed E-state index contributed by atoms with van der Waals surface area (Å²) in [7, 11) is 0. The van der Waals surface area contributed by atoms with Crippen LogP contribution in [0.1, 0.15) is 18.7 Å². The first kappa shape index (κ1) is 11.3. The van der Waals surface area contributed by atoms with E-state index in [2.05, 4.69) is 18.8 Å². The fourth-order valence-corrected chi connectivity index (χ4v) is 2.99. The molecule has 0 radical (unpaired) electrons. The molecule has 0 aromatic carbocycles. The summed E-state index contributed by atoms with van der Waals surface area (Å²) in [5, 5.41) is 9.33. The summed E-state index contributed by atoms with van der Waals surface area (Å²) in [5.41, 5.74) is 0. The number of thiazole rings is 1. The molecule has 74 valence electrons. The summed E-state index contributed by atoms with van der Waals surface area (Å²) < 4.78 is 0.947. The van der Waals surface area contributed by atoms with Crippen LogP contribution in [0.4, 0.5) is 0 Å². The molecule has 0 atom stereocenters. The number of thioether (sulfide) groups is 1. The van der Waals surface area contributed by atoms with Crippen molar-refractivity contribution < 1.29 is 5.11 Å². The van der Waals surface area contributed by atoms with Crippen LogP contribution in [0.15, 0.2) is 4.34 Å². The summed E-state index contributed by atoms with van der Waals surface area (Å²) in [6.45, 7) is 4.31. The Balaban J connectivity index is 2.57. The molecule has 0 spiro atoms. The van der Waals surface area contributed by atoms with Gasteiger partial charge in [-0.3, -0.25) is 0 Å². The fraction of sp³-hybridized carbons (Fsp3) is 0.625. The zero-order valence-corrected chi connectivity index (χ0v) is 9.97. The van der Waals surface area contributed by atoms with Gasteiger partial charge in [-0.2, -0.15) is 0 Å². The first-order valence-corrected chi connectivity index (χ1v) is 6.20. The average Bonchev–Trinajstić information content (AvgIpc) is 2.43. The number of hydrogen-bond donors (Lipinski definition) is 1. The molecule has 1 aromatic rings. The van der Waals surface area contributed by atoms with E-state index in [0.29, 0.717) is 11.1 Å². The maximum atomic E-state index is 8.89. The third-order valence-electron chi connectivity index (χ3n) is 1.31. The second-order valence-electron chi connectivity index (χ2n) is 3.06. The standard InChI is InChI=1S/C8H12ClNOS2/c1-5(2)4-12-8-10-7(9)6(3-11)13-8/h5,11H,3-4H2,1-2H3. The normalized spacial score (nSPS) is 11.2. The van der Waals surface area contributed by atoms with Crippen molar-refractivity contribution in [3.63, 3.8) is 0 Å². The fourth-order valence-electron chi connectivity index (χ4n) is 0.710. The molecule has 1 heterocycles. The van der Waals surface area contributed by atoms with E-state index < -0.39 is 0 Å². The molecule has 0 aliphatic carbocycles. The van der Waals surface area contributed by atoms with E-state index in [9.17, 15) is 0 Å². The molecule has 0 aliphatic rings. The smallest absolute Gasteiger partial charge is 0.152 e. The lowest BCUT2D eigenvalue weighted by Crippen LogP contribution is -1.89. The number of rotatable bonds is 4. The van der Waals surface area contributed by atoms with Crippen molar-refractivity contribution in [1.29, 1.82) is 0 Å². The van der Waals surface area contributed by atoms with Crippen molar-refractivity contribution in [2.45, 2.75) is 24.8 Å². The Morgan fingerprint density at radius 2 is 2.31 bits per heavy atom. The van der Waals surface area contributed by atoms with E-state index in [0.717, 1.165) is 15.0 Å². The largest absolute Gasteiger partial charge is 0.391 e. The predicted molar refractivity (Wildman–Crippen MR) is 58.6 cm³/mol. The quantitative estimate of drug-likeness (QED) is 0.818. The highest BCUT2D eigenvalue weighted by Crippen LogP contribution is 2.31. The number of aliphatic hydroxyl groups is 1. The highest BCUT2D eigenvalue weighted by Gasteiger charge is 2.08. The molecule has 0 unspecified atom stereocenters. The average molecular weight is 238 g/mol. The maximum Gasteiger partial charge on any atom is 0.152 e. The molecule has 0 fully saturated rings. The van der Waals surface area contributed by atoms with Gasteiger partial charge in [-0.25, -0.2) is 4.98 Å². The van der Waals surface area contributed by atoms with Crippen LogP contribution in [-0.4, -0.2) is 15.8 Å². The molecular weight excluding hydrogens is 226 g/mol. The summed E-state index contributed by atoms with van der Waals surface area (Å²) in [5.74, 6) is 1.68. The topological polar surface area (TPSA) is 33.1 Å². The van der Waals surface area contributed by atoms with Gasteiger partial charge in [-0.05, 0) is 5.92 Å². The van der Waals surface area contributed by atoms with Crippen molar-refractivity contribution >= 4 is 34.7 Å². The molecule has 0 saturated heterocycles. The van der Waals surface area contributed by atoms with Gasteiger partial charge in [0.05, 0.1) is 11.5 Å². The van der Waals surface area contributed by atoms with Crippen LogP contribution >= 0.6 is 34.7 Å². The van der Waals surface area contributed by atoms with Gasteiger partial charge in [0.25, 0.3) is 0 Å². The number of aromatic nitrogens is 1. The zero-order chi connectivity index (χ0) is 9.84. The highest BCUT2D eigenvalue weighted by atomic mass is 35.5. The molecule has 1 N–H and O–H groups in total. The molecule has 1 aromatic heterocycles. The molecule has 5 heteroatoms. The second kappa shape index (κ2) is 5.20. The Morgan fingerprint density at radius 3 is 2.77 bits per heavy atom. The third kappa shape index (κ3) is 3.46. The van der Waals surface area contributed by atoms with Gasteiger partial charge in [0.2, 0.25) is 0 Å². The number of hydrogen-bond acceptors (Lipinski definition) is 4. The van der Waals surface area contributed by atoms with Gasteiger partial charge in [-0.1, -0.05) is 37.2 Å². The van der Waals surface area contributed by atoms with E-state index >= 15 is 0 Å². The molecule has 0 amide bonds. The summed E-state index contributed by atoms with van der Waals surface area (Å²) in [6, 6.07) is 0. The number of halogens is 1. The Labute approximate surface area is 91.3 Å². The highest BCUT2D eigenvalue weighted by molar-refractivity contribution is 8.01. The lowest BCUT2D eigenvalue weighted by molar-refractivity contribution is 0.285. The van der Waals surface area contributed by atoms with E-state index in [1.807, 2.05) is 0 Å². The number of aliphatic hydroxyl groups excluding tert-OH is 1. The molecule has 0 bridgehead atoms. The van der Waals surface area contributed by atoms with Gasteiger partial charge in [0.15, 0.2) is 4.34 Å². The van der Waals surface area contributed by atoms with Crippen LogP contribution in [0.25, 0.3) is 0 Å². The Bertz CT molecular complexity index is 275. The van der Waals surface area contributed by atoms with Gasteiger partial charge in [-0.15, -0.1) is 11.3 Å². The van der Waals surface area contributed by atoms with Crippen molar-refractivity contribution in [2.75, 3.05) is 5.75 Å². The van der Waals surface area contributed by atoms with Crippen LogP contribution in [0.5, 0.6) is 0 Å². The molecular formula is C8H12ClNOS2. The summed E-state index contributed by atoms with van der Waals surface area (Å²) >= 11 is 8.95. The van der Waals surface area contributed by atoms with Crippen molar-refractivity contribution in [1.82, 2.24) is 4.98 Å². The van der Waals surface area contributed by atoms with Crippen LogP contribution in [0.3, 0.4) is 0 Å². The van der Waals surface area contributed by atoms with Crippen LogP contribution in [0.2, 0.25) is 5.15 Å². The third-order valence-corrected chi connectivity index (χ3v) is 4.35. The Morgan fingerprint density at radius 1 is 1.62 bits per heavy atom. The minimum atomic E-state index is -0.0151.